The molecule has 2 aromatic carbocycles. The molecule has 0 spiro atoms. The van der Waals surface area contributed by atoms with Gasteiger partial charge in [-0.2, -0.15) is 0 Å². The van der Waals surface area contributed by atoms with Gasteiger partial charge in [0.2, 0.25) is 0 Å². The highest BCUT2D eigenvalue weighted by Gasteiger charge is 2.32. The number of carbonyl (C=O) groups excluding carboxylic acids is 2. The van der Waals surface area contributed by atoms with Gasteiger partial charge in [-0.3, -0.25) is 0 Å². The molecule has 0 saturated heterocycles. The van der Waals surface area contributed by atoms with Crippen LogP contribution >= 0.6 is 0 Å². The quantitative estimate of drug-likeness (QED) is 0.471. The Bertz CT molecular complexity index is 1160. The van der Waals surface area contributed by atoms with E-state index in [-0.39, 0.29) is 17.8 Å². The Hall–Kier alpha value is -3.74. The van der Waals surface area contributed by atoms with Crippen LogP contribution in [0.3, 0.4) is 0 Å². The molecular formula is C24H24N2O5. The summed E-state index contributed by atoms with van der Waals surface area (Å²) in [6, 6.07) is 13.9. The van der Waals surface area contributed by atoms with E-state index in [1.807, 2.05) is 24.4 Å². The molecule has 1 aromatic heterocycles. The Morgan fingerprint density at radius 3 is 2.55 bits per heavy atom. The van der Waals surface area contributed by atoms with E-state index in [0.29, 0.717) is 17.8 Å². The number of hydrogen-bond acceptors (Lipinski definition) is 6. The summed E-state index contributed by atoms with van der Waals surface area (Å²) in [5.41, 5.74) is 2.12. The molecule has 4 rings (SSSR count). The van der Waals surface area contributed by atoms with Gasteiger partial charge >= 0.3 is 12.2 Å². The lowest BCUT2D eigenvalue weighted by atomic mass is 9.83. The zero-order valence-corrected chi connectivity index (χ0v) is 17.7. The molecule has 0 atom stereocenters. The van der Waals surface area contributed by atoms with E-state index in [4.69, 9.17) is 14.2 Å². The molecule has 1 aliphatic heterocycles. The summed E-state index contributed by atoms with van der Waals surface area (Å²) in [4.78, 5) is 25.1. The molecule has 3 aromatic rings. The number of benzene rings is 2. The molecule has 7 heteroatoms. The fourth-order valence-corrected chi connectivity index (χ4v) is 3.85. The smallest absolute Gasteiger partial charge is 0.449 e. The maximum absolute atomic E-state index is 12.8. The molecule has 0 saturated carbocycles. The van der Waals surface area contributed by atoms with Gasteiger partial charge in [0.25, 0.3) is 0 Å². The number of nitrogens with zero attached hydrogens (tertiary/aromatic N) is 1. The number of hydrogen-bond donors (Lipinski definition) is 1. The first-order valence-electron chi connectivity index (χ1n) is 10.1. The van der Waals surface area contributed by atoms with Crippen molar-refractivity contribution >= 4 is 29.2 Å². The van der Waals surface area contributed by atoms with Gasteiger partial charge in [0.05, 0.1) is 17.8 Å². The first-order chi connectivity index (χ1) is 14.9. The molecule has 31 heavy (non-hydrogen) atoms. The Morgan fingerprint density at radius 1 is 1.06 bits per heavy atom. The van der Waals surface area contributed by atoms with Crippen LogP contribution in [0.5, 0.6) is 11.5 Å². The van der Waals surface area contributed by atoms with Crippen molar-refractivity contribution in [3.8, 4) is 11.5 Å². The monoisotopic (exact) mass is 420 g/mol. The number of aromatic nitrogens is 1. The van der Waals surface area contributed by atoms with E-state index in [1.165, 1.54) is 4.57 Å². The van der Waals surface area contributed by atoms with Crippen LogP contribution in [0.25, 0.3) is 17.0 Å². The van der Waals surface area contributed by atoms with Crippen LogP contribution in [0.1, 0.15) is 32.0 Å². The van der Waals surface area contributed by atoms with E-state index < -0.39 is 12.2 Å². The van der Waals surface area contributed by atoms with Crippen LogP contribution in [0.4, 0.5) is 9.59 Å². The van der Waals surface area contributed by atoms with Gasteiger partial charge in [0, 0.05) is 23.4 Å². The largest absolute Gasteiger partial charge is 0.519 e. The lowest BCUT2D eigenvalue weighted by Crippen LogP contribution is -2.29. The second kappa shape index (κ2) is 8.18. The van der Waals surface area contributed by atoms with Crippen molar-refractivity contribution in [2.24, 2.45) is 0 Å². The summed E-state index contributed by atoms with van der Waals surface area (Å²) in [6.45, 7) is 6.95. The lowest BCUT2D eigenvalue weighted by molar-refractivity contribution is 0.152. The highest BCUT2D eigenvalue weighted by atomic mass is 16.7. The van der Waals surface area contributed by atoms with Gasteiger partial charge < -0.3 is 19.5 Å². The molecule has 0 bridgehead atoms. The van der Waals surface area contributed by atoms with Crippen molar-refractivity contribution in [3.05, 3.63) is 66.0 Å². The molecule has 0 radical (unpaired) electrons. The van der Waals surface area contributed by atoms with Gasteiger partial charge in [-0.05, 0) is 49.0 Å². The van der Waals surface area contributed by atoms with E-state index in [2.05, 4.69) is 19.2 Å². The standard InChI is InChI=1S/C24H24N2O5/c1-4-29-22(27)26-19-12-13-25-15-24(2,3)21(19)18-11-10-17(14-20(18)26)31-23(28)30-16-8-6-5-7-9-16/h5-14,25H,4,15H2,1-3H3. The predicted octanol–water partition coefficient (Wildman–Crippen LogP) is 5.08. The summed E-state index contributed by atoms with van der Waals surface area (Å²) in [5, 5.41) is 4.16. The SMILES string of the molecule is CCOC(=O)n1c2c(c3ccc(OC(=O)Oc4ccccc4)cc31)C(C)(C)CNC=C2. The van der Waals surface area contributed by atoms with Gasteiger partial charge in [0.1, 0.15) is 11.5 Å². The first-order valence-corrected chi connectivity index (χ1v) is 10.1. The lowest BCUT2D eigenvalue weighted by Gasteiger charge is -2.24. The highest BCUT2D eigenvalue weighted by Crippen LogP contribution is 2.39. The Labute approximate surface area is 180 Å². The third kappa shape index (κ3) is 3.99. The fraction of sp³-hybridized carbons (Fsp3) is 0.250. The average molecular weight is 420 g/mol. The zero-order valence-electron chi connectivity index (χ0n) is 17.7. The average Bonchev–Trinajstić information content (AvgIpc) is 2.97. The van der Waals surface area contributed by atoms with E-state index in [1.54, 1.807) is 43.3 Å². The number of fused-ring (bicyclic) bond motifs is 3. The fourth-order valence-electron chi connectivity index (χ4n) is 3.85. The summed E-state index contributed by atoms with van der Waals surface area (Å²) >= 11 is 0. The maximum atomic E-state index is 12.8. The maximum Gasteiger partial charge on any atom is 0.519 e. The minimum absolute atomic E-state index is 0.247. The van der Waals surface area contributed by atoms with Crippen molar-refractivity contribution in [2.75, 3.05) is 13.2 Å². The third-order valence-electron chi connectivity index (χ3n) is 5.15. The van der Waals surface area contributed by atoms with Gasteiger partial charge in [-0.1, -0.05) is 32.0 Å². The highest BCUT2D eigenvalue weighted by molar-refractivity contribution is 5.98. The van der Waals surface area contributed by atoms with Crippen LogP contribution in [-0.2, 0) is 10.2 Å². The molecule has 0 unspecified atom stereocenters. The van der Waals surface area contributed by atoms with Crippen LogP contribution in [0.15, 0.2) is 54.7 Å². The molecule has 1 N–H and O–H groups in total. The predicted molar refractivity (Wildman–Crippen MR) is 118 cm³/mol. The van der Waals surface area contributed by atoms with E-state index >= 15 is 0 Å². The molecular weight excluding hydrogens is 396 g/mol. The molecule has 2 heterocycles. The number of para-hydroxylation sites is 1. The minimum Gasteiger partial charge on any atom is -0.449 e. The van der Waals surface area contributed by atoms with Crippen molar-refractivity contribution in [1.29, 1.82) is 0 Å². The number of nitrogens with one attached hydrogen (secondary N) is 1. The molecule has 160 valence electrons. The minimum atomic E-state index is -0.856. The van der Waals surface area contributed by atoms with Crippen LogP contribution in [0, 0.1) is 0 Å². The Balaban J connectivity index is 1.77. The second-order valence-corrected chi connectivity index (χ2v) is 7.84. The van der Waals surface area contributed by atoms with E-state index in [9.17, 15) is 9.59 Å². The van der Waals surface area contributed by atoms with Gasteiger partial charge in [0.15, 0.2) is 0 Å². The van der Waals surface area contributed by atoms with Crippen LogP contribution in [-0.4, -0.2) is 30.0 Å². The normalized spacial score (nSPS) is 14.3. The van der Waals surface area contributed by atoms with Crippen LogP contribution < -0.4 is 14.8 Å². The Kier molecular flexibility index (Phi) is 5.42. The van der Waals surface area contributed by atoms with Gasteiger partial charge in [-0.15, -0.1) is 0 Å². The van der Waals surface area contributed by atoms with Crippen molar-refractivity contribution in [3.63, 3.8) is 0 Å². The van der Waals surface area contributed by atoms with Crippen molar-refractivity contribution < 1.29 is 23.8 Å². The second-order valence-electron chi connectivity index (χ2n) is 7.84. The summed E-state index contributed by atoms with van der Waals surface area (Å²) in [7, 11) is 0. The molecule has 0 fully saturated rings. The first kappa shape index (κ1) is 20.5. The third-order valence-corrected chi connectivity index (χ3v) is 5.15. The molecule has 7 nitrogen and oxygen atoms in total. The summed E-state index contributed by atoms with van der Waals surface area (Å²) in [6.07, 6.45) is 2.35. The van der Waals surface area contributed by atoms with Crippen molar-refractivity contribution in [1.82, 2.24) is 9.88 Å². The summed E-state index contributed by atoms with van der Waals surface area (Å²) in [5.74, 6) is 0.654. The van der Waals surface area contributed by atoms with Gasteiger partial charge in [-0.25, -0.2) is 14.2 Å². The number of ether oxygens (including phenoxy) is 3. The molecule has 0 amide bonds. The molecule has 0 aliphatic carbocycles. The molecule has 1 aliphatic rings. The number of rotatable bonds is 3. The topological polar surface area (TPSA) is 78.8 Å². The van der Waals surface area contributed by atoms with Crippen molar-refractivity contribution in [2.45, 2.75) is 26.2 Å². The van der Waals surface area contributed by atoms with Crippen LogP contribution in [0.2, 0.25) is 0 Å². The summed E-state index contributed by atoms with van der Waals surface area (Å²) < 4.78 is 17.4. The zero-order chi connectivity index (χ0) is 22.0. The number of carbonyl (C=O) groups is 2. The van der Waals surface area contributed by atoms with E-state index in [0.717, 1.165) is 16.6 Å². The Morgan fingerprint density at radius 2 is 1.81 bits per heavy atom.